The Morgan fingerprint density at radius 3 is 2.36 bits per heavy atom. The highest BCUT2D eigenvalue weighted by atomic mass is 32.2. The molecule has 1 N–H and O–H groups in total. The minimum atomic E-state index is -3.66. The van der Waals surface area contributed by atoms with E-state index in [-0.39, 0.29) is 6.02 Å². The van der Waals surface area contributed by atoms with Crippen LogP contribution in [0.2, 0.25) is 0 Å². The van der Waals surface area contributed by atoms with Crippen molar-refractivity contribution in [3.63, 3.8) is 0 Å². The Morgan fingerprint density at radius 1 is 1.23 bits per heavy atom. The molecule has 0 saturated carbocycles. The standard InChI is InChI=1S/C15H21FN2O3S/c1-10(11-8-6-7-9-12(11)16)17-13-18-22(19,20)15(4,5)14(2,3)21-13/h6-10H,1-5H3,(H,17,18). The molecule has 22 heavy (non-hydrogen) atoms. The maximum absolute atomic E-state index is 13.8. The van der Waals surface area contributed by atoms with Crippen molar-refractivity contribution in [3.8, 4) is 0 Å². The number of sulfonamides is 1. The fraction of sp³-hybridized carbons (Fsp3) is 0.533. The molecule has 1 heterocycles. The van der Waals surface area contributed by atoms with E-state index in [4.69, 9.17) is 4.74 Å². The number of rotatable bonds is 2. The summed E-state index contributed by atoms with van der Waals surface area (Å²) in [5, 5.41) is 0. The highest BCUT2D eigenvalue weighted by Crippen LogP contribution is 2.36. The maximum atomic E-state index is 13.8. The van der Waals surface area contributed by atoms with E-state index in [0.29, 0.717) is 5.56 Å². The molecular weight excluding hydrogens is 307 g/mol. The smallest absolute Gasteiger partial charge is 0.299 e. The second-order valence-corrected chi connectivity index (χ2v) is 8.59. The van der Waals surface area contributed by atoms with Crippen molar-refractivity contribution in [2.45, 2.75) is 51.0 Å². The van der Waals surface area contributed by atoms with Crippen LogP contribution in [0.4, 0.5) is 4.39 Å². The number of benzene rings is 1. The predicted molar refractivity (Wildman–Crippen MR) is 83.5 cm³/mol. The van der Waals surface area contributed by atoms with Crippen LogP contribution in [0.1, 0.15) is 46.2 Å². The molecule has 122 valence electrons. The largest absolute Gasteiger partial charge is 0.457 e. The lowest BCUT2D eigenvalue weighted by Crippen LogP contribution is -2.64. The molecule has 1 aromatic rings. The zero-order valence-corrected chi connectivity index (χ0v) is 14.2. The van der Waals surface area contributed by atoms with E-state index >= 15 is 0 Å². The number of amidine groups is 1. The van der Waals surface area contributed by atoms with Crippen molar-refractivity contribution in [1.82, 2.24) is 4.72 Å². The van der Waals surface area contributed by atoms with Crippen LogP contribution in [0.15, 0.2) is 29.3 Å². The third-order valence-corrected chi connectivity index (χ3v) is 6.64. The lowest BCUT2D eigenvalue weighted by Gasteiger charge is -2.44. The van der Waals surface area contributed by atoms with Crippen molar-refractivity contribution < 1.29 is 17.5 Å². The van der Waals surface area contributed by atoms with Gasteiger partial charge in [0.05, 0.1) is 6.04 Å². The molecule has 1 fully saturated rings. The van der Waals surface area contributed by atoms with Crippen LogP contribution in [-0.2, 0) is 14.8 Å². The average molecular weight is 328 g/mol. The van der Waals surface area contributed by atoms with Crippen molar-refractivity contribution in [1.29, 1.82) is 0 Å². The Bertz CT molecular complexity index is 711. The summed E-state index contributed by atoms with van der Waals surface area (Å²) < 4.78 is 45.4. The zero-order chi connectivity index (χ0) is 16.8. The molecule has 0 radical (unpaired) electrons. The lowest BCUT2D eigenvalue weighted by atomic mass is 9.93. The SMILES string of the molecule is CC(N=C1NS(=O)(=O)C(C)(C)C(C)(C)O1)c1ccccc1F. The minimum Gasteiger partial charge on any atom is -0.457 e. The first-order chi connectivity index (χ1) is 9.98. The lowest BCUT2D eigenvalue weighted by molar-refractivity contribution is 0.0465. The van der Waals surface area contributed by atoms with E-state index in [9.17, 15) is 12.8 Å². The summed E-state index contributed by atoms with van der Waals surface area (Å²) in [7, 11) is -3.66. The Kier molecular flexibility index (Phi) is 3.97. The van der Waals surface area contributed by atoms with Gasteiger partial charge in [-0.25, -0.2) is 22.5 Å². The van der Waals surface area contributed by atoms with Gasteiger partial charge >= 0.3 is 0 Å². The van der Waals surface area contributed by atoms with Gasteiger partial charge in [-0.05, 0) is 40.7 Å². The van der Waals surface area contributed by atoms with E-state index in [1.165, 1.54) is 6.07 Å². The first-order valence-electron chi connectivity index (χ1n) is 7.01. The third-order valence-electron chi connectivity index (χ3n) is 4.36. The summed E-state index contributed by atoms with van der Waals surface area (Å²) in [6.45, 7) is 8.23. The molecule has 5 nitrogen and oxygen atoms in total. The molecule has 7 heteroatoms. The Balaban J connectivity index is 2.37. The number of hydrogen-bond acceptors (Lipinski definition) is 4. The molecular formula is C15H21FN2O3S. The van der Waals surface area contributed by atoms with Crippen LogP contribution in [-0.4, -0.2) is 24.8 Å². The van der Waals surface area contributed by atoms with Gasteiger partial charge in [-0.15, -0.1) is 0 Å². The summed E-state index contributed by atoms with van der Waals surface area (Å²) in [5.74, 6) is -0.391. The van der Waals surface area contributed by atoms with Crippen molar-refractivity contribution >= 4 is 16.0 Å². The van der Waals surface area contributed by atoms with Gasteiger partial charge in [-0.2, -0.15) is 0 Å². The van der Waals surface area contributed by atoms with Gasteiger partial charge in [-0.3, -0.25) is 0 Å². The van der Waals surface area contributed by atoms with Crippen molar-refractivity contribution in [2.75, 3.05) is 0 Å². The van der Waals surface area contributed by atoms with E-state index in [1.54, 1.807) is 52.8 Å². The predicted octanol–water partition coefficient (Wildman–Crippen LogP) is 2.75. The van der Waals surface area contributed by atoms with Crippen LogP contribution in [0.5, 0.6) is 0 Å². The van der Waals surface area contributed by atoms with Gasteiger partial charge in [0.1, 0.15) is 16.2 Å². The molecule has 0 aliphatic carbocycles. The molecule has 0 amide bonds. The monoisotopic (exact) mass is 328 g/mol. The van der Waals surface area contributed by atoms with Gasteiger partial charge in [0.15, 0.2) is 0 Å². The van der Waals surface area contributed by atoms with E-state index in [1.807, 2.05) is 0 Å². The molecule has 2 rings (SSSR count). The van der Waals surface area contributed by atoms with E-state index in [0.717, 1.165) is 0 Å². The van der Waals surface area contributed by atoms with Crippen LogP contribution >= 0.6 is 0 Å². The fourth-order valence-electron chi connectivity index (χ4n) is 2.06. The molecule has 1 atom stereocenters. The number of nitrogens with one attached hydrogen (secondary N) is 1. The van der Waals surface area contributed by atoms with Crippen LogP contribution in [0.3, 0.4) is 0 Å². The quantitative estimate of drug-likeness (QED) is 0.907. The highest BCUT2D eigenvalue weighted by Gasteiger charge is 2.54. The van der Waals surface area contributed by atoms with Gasteiger partial charge in [0, 0.05) is 5.56 Å². The summed E-state index contributed by atoms with van der Waals surface area (Å²) in [5.41, 5.74) is -0.592. The summed E-state index contributed by atoms with van der Waals surface area (Å²) in [6, 6.07) is 5.55. The molecule has 1 unspecified atom stereocenters. The third kappa shape index (κ3) is 2.69. The topological polar surface area (TPSA) is 67.8 Å². The summed E-state index contributed by atoms with van der Waals surface area (Å²) >= 11 is 0. The molecule has 1 aliphatic rings. The number of aliphatic imine (C=N–C) groups is 1. The van der Waals surface area contributed by atoms with E-state index < -0.39 is 32.2 Å². The molecule has 0 aromatic heterocycles. The van der Waals surface area contributed by atoms with E-state index in [2.05, 4.69) is 9.71 Å². The molecule has 0 bridgehead atoms. The second kappa shape index (κ2) is 5.22. The van der Waals surface area contributed by atoms with Crippen LogP contribution < -0.4 is 4.72 Å². The zero-order valence-electron chi connectivity index (χ0n) is 13.3. The van der Waals surface area contributed by atoms with Gasteiger partial charge in [-0.1, -0.05) is 18.2 Å². The van der Waals surface area contributed by atoms with Crippen LogP contribution in [0, 0.1) is 5.82 Å². The number of hydrogen-bond donors (Lipinski definition) is 1. The average Bonchev–Trinajstić information content (AvgIpc) is 2.36. The maximum Gasteiger partial charge on any atom is 0.299 e. The van der Waals surface area contributed by atoms with Gasteiger partial charge < -0.3 is 4.74 Å². The summed E-state index contributed by atoms with van der Waals surface area (Å²) in [6.07, 6.45) is 0. The Labute approximate surface area is 130 Å². The van der Waals surface area contributed by atoms with Gasteiger partial charge in [0.2, 0.25) is 10.0 Å². The first-order valence-corrected chi connectivity index (χ1v) is 8.50. The Hall–Kier alpha value is -1.63. The summed E-state index contributed by atoms with van der Waals surface area (Å²) in [4.78, 5) is 4.19. The van der Waals surface area contributed by atoms with Crippen LogP contribution in [0.25, 0.3) is 0 Å². The first kappa shape index (κ1) is 16.7. The molecule has 1 aromatic carbocycles. The molecule has 1 saturated heterocycles. The fourth-order valence-corrected chi connectivity index (χ4v) is 3.33. The normalized spacial score (nSPS) is 25.1. The Morgan fingerprint density at radius 2 is 1.82 bits per heavy atom. The minimum absolute atomic E-state index is 0.111. The molecule has 1 aliphatic heterocycles. The van der Waals surface area contributed by atoms with Crippen molar-refractivity contribution in [2.24, 2.45) is 4.99 Å². The second-order valence-electron chi connectivity index (χ2n) is 6.36. The van der Waals surface area contributed by atoms with Crippen molar-refractivity contribution in [3.05, 3.63) is 35.6 Å². The number of nitrogens with zero attached hydrogens (tertiary/aromatic N) is 1. The number of halogens is 1. The highest BCUT2D eigenvalue weighted by molar-refractivity contribution is 7.91. The molecule has 0 spiro atoms. The number of ether oxygens (including phenoxy) is 1. The van der Waals surface area contributed by atoms with Gasteiger partial charge in [0.25, 0.3) is 6.02 Å².